The number of benzene rings is 1. The van der Waals surface area contributed by atoms with Crippen molar-refractivity contribution in [3.05, 3.63) is 45.4 Å². The molecule has 0 saturated carbocycles. The molecule has 1 aliphatic heterocycles. The normalized spacial score (nSPS) is 15.2. The van der Waals surface area contributed by atoms with Crippen LogP contribution in [0.5, 0.6) is 0 Å². The first kappa shape index (κ1) is 9.92. The Balaban J connectivity index is 2.24. The summed E-state index contributed by atoms with van der Waals surface area (Å²) in [5.41, 5.74) is 1.87. The standard InChI is InChI=1S/C10H7NO3S/c12-10-5-8(6-15-10)7-1-3-9(4-2-7)11(13)14/h1-4,6H,5H2. The van der Waals surface area contributed by atoms with Gasteiger partial charge in [-0.05, 0) is 28.7 Å². The maximum atomic E-state index is 11.0. The van der Waals surface area contributed by atoms with Gasteiger partial charge in [-0.3, -0.25) is 14.9 Å². The van der Waals surface area contributed by atoms with Gasteiger partial charge < -0.3 is 0 Å². The Morgan fingerprint density at radius 1 is 1.27 bits per heavy atom. The molecule has 0 atom stereocenters. The monoisotopic (exact) mass is 221 g/mol. The fourth-order valence-corrected chi connectivity index (χ4v) is 2.07. The quantitative estimate of drug-likeness (QED) is 0.569. The van der Waals surface area contributed by atoms with E-state index < -0.39 is 4.92 Å². The van der Waals surface area contributed by atoms with Gasteiger partial charge in [0, 0.05) is 18.6 Å². The molecule has 0 radical (unpaired) electrons. The second-order valence-electron chi connectivity index (χ2n) is 3.11. The highest BCUT2D eigenvalue weighted by Gasteiger charge is 2.15. The Labute approximate surface area is 90.1 Å². The van der Waals surface area contributed by atoms with E-state index in [2.05, 4.69) is 0 Å². The second kappa shape index (κ2) is 3.86. The first-order valence-electron chi connectivity index (χ1n) is 4.30. The summed E-state index contributed by atoms with van der Waals surface area (Å²) in [4.78, 5) is 21.0. The van der Waals surface area contributed by atoms with Crippen molar-refractivity contribution in [3.63, 3.8) is 0 Å². The highest BCUT2D eigenvalue weighted by Crippen LogP contribution is 2.31. The molecule has 2 rings (SSSR count). The summed E-state index contributed by atoms with van der Waals surface area (Å²) in [7, 11) is 0. The predicted octanol–water partition coefficient (Wildman–Crippen LogP) is 2.60. The van der Waals surface area contributed by atoms with E-state index in [9.17, 15) is 14.9 Å². The lowest BCUT2D eigenvalue weighted by molar-refractivity contribution is -0.384. The Kier molecular flexibility index (Phi) is 2.55. The smallest absolute Gasteiger partial charge is 0.269 e. The first-order chi connectivity index (χ1) is 7.16. The number of nitro benzene ring substituents is 1. The number of thioether (sulfide) groups is 1. The number of hydrogen-bond donors (Lipinski definition) is 0. The van der Waals surface area contributed by atoms with Gasteiger partial charge in [-0.25, -0.2) is 0 Å². The van der Waals surface area contributed by atoms with Crippen LogP contribution in [0.15, 0.2) is 29.7 Å². The number of hydrogen-bond acceptors (Lipinski definition) is 4. The zero-order chi connectivity index (χ0) is 10.8. The lowest BCUT2D eigenvalue weighted by atomic mass is 10.1. The van der Waals surface area contributed by atoms with Gasteiger partial charge in [0.05, 0.1) is 4.92 Å². The molecule has 0 aromatic heterocycles. The van der Waals surface area contributed by atoms with Gasteiger partial charge in [-0.2, -0.15) is 0 Å². The lowest BCUT2D eigenvalue weighted by Crippen LogP contribution is -1.89. The van der Waals surface area contributed by atoms with Gasteiger partial charge in [0.25, 0.3) is 5.69 Å². The fraction of sp³-hybridized carbons (Fsp3) is 0.100. The zero-order valence-corrected chi connectivity index (χ0v) is 8.49. The number of non-ortho nitro benzene ring substituents is 1. The third-order valence-electron chi connectivity index (χ3n) is 2.12. The summed E-state index contributed by atoms with van der Waals surface area (Å²) in [6.07, 6.45) is 0.405. The van der Waals surface area contributed by atoms with Gasteiger partial charge in [0.15, 0.2) is 5.12 Å². The summed E-state index contributed by atoms with van der Waals surface area (Å²) in [6.45, 7) is 0. The van der Waals surface area contributed by atoms with Crippen molar-refractivity contribution in [1.29, 1.82) is 0 Å². The van der Waals surface area contributed by atoms with E-state index in [1.165, 1.54) is 23.9 Å². The number of allylic oxidation sites excluding steroid dienone is 1. The van der Waals surface area contributed by atoms with Crippen LogP contribution in [-0.2, 0) is 4.79 Å². The van der Waals surface area contributed by atoms with Gasteiger partial charge in [-0.15, -0.1) is 0 Å². The summed E-state index contributed by atoms with van der Waals surface area (Å²) >= 11 is 1.18. The summed E-state index contributed by atoms with van der Waals surface area (Å²) in [5, 5.41) is 12.3. The van der Waals surface area contributed by atoms with Crippen molar-refractivity contribution >= 4 is 28.1 Å². The molecule has 5 heteroatoms. The molecule has 1 heterocycles. The molecule has 0 unspecified atom stereocenters. The Hall–Kier alpha value is -1.62. The van der Waals surface area contributed by atoms with Crippen molar-refractivity contribution in [2.45, 2.75) is 6.42 Å². The van der Waals surface area contributed by atoms with Crippen LogP contribution in [0, 0.1) is 10.1 Å². The molecule has 0 amide bonds. The first-order valence-corrected chi connectivity index (χ1v) is 5.18. The minimum absolute atomic E-state index is 0.0660. The molecular formula is C10H7NO3S. The van der Waals surface area contributed by atoms with Crippen LogP contribution in [-0.4, -0.2) is 10.0 Å². The molecule has 1 aromatic rings. The van der Waals surface area contributed by atoms with Crippen LogP contribution in [0.25, 0.3) is 5.57 Å². The third-order valence-corrected chi connectivity index (χ3v) is 2.93. The minimum atomic E-state index is -0.438. The van der Waals surface area contributed by atoms with Crippen molar-refractivity contribution in [2.75, 3.05) is 0 Å². The molecule has 76 valence electrons. The Morgan fingerprint density at radius 3 is 2.40 bits per heavy atom. The van der Waals surface area contributed by atoms with E-state index >= 15 is 0 Å². The van der Waals surface area contributed by atoms with E-state index in [0.717, 1.165) is 11.1 Å². The molecular weight excluding hydrogens is 214 g/mol. The van der Waals surface area contributed by atoms with E-state index in [4.69, 9.17) is 0 Å². The number of nitrogens with zero attached hydrogens (tertiary/aromatic N) is 1. The van der Waals surface area contributed by atoms with Gasteiger partial charge in [0.1, 0.15) is 0 Å². The maximum absolute atomic E-state index is 11.0. The fourth-order valence-electron chi connectivity index (χ4n) is 1.34. The highest BCUT2D eigenvalue weighted by molar-refractivity contribution is 8.16. The molecule has 15 heavy (non-hydrogen) atoms. The maximum Gasteiger partial charge on any atom is 0.269 e. The van der Waals surface area contributed by atoms with Crippen LogP contribution in [0.2, 0.25) is 0 Å². The SMILES string of the molecule is O=C1CC(c2ccc([N+](=O)[O-])cc2)=CS1. The predicted molar refractivity (Wildman–Crippen MR) is 58.3 cm³/mol. The Morgan fingerprint density at radius 2 is 1.93 bits per heavy atom. The van der Waals surface area contributed by atoms with Crippen LogP contribution in [0.4, 0.5) is 5.69 Å². The molecule has 1 aliphatic rings. The second-order valence-corrected chi connectivity index (χ2v) is 4.04. The van der Waals surface area contributed by atoms with Gasteiger partial charge in [0.2, 0.25) is 0 Å². The van der Waals surface area contributed by atoms with E-state index in [1.54, 1.807) is 17.5 Å². The number of carbonyl (C=O) groups excluding carboxylic acids is 1. The van der Waals surface area contributed by atoms with Crippen LogP contribution in [0.1, 0.15) is 12.0 Å². The van der Waals surface area contributed by atoms with Crippen molar-refractivity contribution < 1.29 is 9.72 Å². The number of rotatable bonds is 2. The molecule has 4 nitrogen and oxygen atoms in total. The largest absolute Gasteiger partial charge is 0.286 e. The summed E-state index contributed by atoms with van der Waals surface area (Å²) in [6, 6.07) is 6.24. The average Bonchev–Trinajstić information content (AvgIpc) is 2.65. The number of nitro groups is 1. The van der Waals surface area contributed by atoms with E-state index in [-0.39, 0.29) is 10.8 Å². The molecule has 0 saturated heterocycles. The lowest BCUT2D eigenvalue weighted by Gasteiger charge is -1.99. The number of carbonyl (C=O) groups is 1. The molecule has 0 spiro atoms. The highest BCUT2D eigenvalue weighted by atomic mass is 32.2. The minimum Gasteiger partial charge on any atom is -0.286 e. The zero-order valence-electron chi connectivity index (χ0n) is 7.67. The molecule has 0 bridgehead atoms. The van der Waals surface area contributed by atoms with Crippen molar-refractivity contribution in [3.8, 4) is 0 Å². The average molecular weight is 221 g/mol. The molecule has 0 fully saturated rings. The topological polar surface area (TPSA) is 60.2 Å². The summed E-state index contributed by atoms with van der Waals surface area (Å²) < 4.78 is 0. The molecule has 1 aromatic carbocycles. The van der Waals surface area contributed by atoms with E-state index in [0.29, 0.717) is 6.42 Å². The molecule has 0 aliphatic carbocycles. The molecule has 0 N–H and O–H groups in total. The van der Waals surface area contributed by atoms with Crippen LogP contribution >= 0.6 is 11.8 Å². The van der Waals surface area contributed by atoms with Crippen molar-refractivity contribution in [1.82, 2.24) is 0 Å². The van der Waals surface area contributed by atoms with E-state index in [1.807, 2.05) is 0 Å². The third kappa shape index (κ3) is 2.07. The van der Waals surface area contributed by atoms with Gasteiger partial charge >= 0.3 is 0 Å². The van der Waals surface area contributed by atoms with Gasteiger partial charge in [-0.1, -0.05) is 11.8 Å². The van der Waals surface area contributed by atoms with Crippen molar-refractivity contribution in [2.24, 2.45) is 0 Å². The Bertz CT molecular complexity index is 450. The van der Waals surface area contributed by atoms with Crippen LogP contribution < -0.4 is 0 Å². The van der Waals surface area contributed by atoms with Crippen LogP contribution in [0.3, 0.4) is 0 Å². The summed E-state index contributed by atoms with van der Waals surface area (Å²) in [5.74, 6) is 0.